The number of fused-ring (bicyclic) bond motifs is 1. The van der Waals surface area contributed by atoms with Crippen LogP contribution in [0.5, 0.6) is 17.2 Å². The summed E-state index contributed by atoms with van der Waals surface area (Å²) in [4.78, 5) is 13.2. The zero-order chi connectivity index (χ0) is 20.6. The maximum Gasteiger partial charge on any atom is 0.200 e. The van der Waals surface area contributed by atoms with Crippen molar-refractivity contribution in [1.29, 1.82) is 0 Å². The second kappa shape index (κ2) is 7.32. The monoisotopic (exact) mass is 382 g/mol. The number of allylic oxidation sites excluding steroid dienone is 2. The number of hydrogen-bond acceptors (Lipinski definition) is 5. The van der Waals surface area contributed by atoms with E-state index in [9.17, 15) is 20.1 Å². The normalized spacial score (nSPS) is 17.4. The number of phenols is 2. The number of aliphatic hydroxyl groups excluding tert-OH is 1. The lowest BCUT2D eigenvalue weighted by Crippen LogP contribution is -2.46. The van der Waals surface area contributed by atoms with Crippen LogP contribution in [0, 0.1) is 0 Å². The third kappa shape index (κ3) is 3.50. The highest BCUT2D eigenvalue weighted by molar-refractivity contribution is 6.13. The molecular weight excluding hydrogens is 356 g/mol. The van der Waals surface area contributed by atoms with Gasteiger partial charge < -0.3 is 20.1 Å². The molecule has 0 saturated heterocycles. The lowest BCUT2D eigenvalue weighted by atomic mass is 9.85. The summed E-state index contributed by atoms with van der Waals surface area (Å²) in [6.45, 7) is 7.25. The molecule has 1 unspecified atom stereocenters. The molecule has 0 radical (unpaired) electrons. The average Bonchev–Trinajstić information content (AvgIpc) is 2.63. The van der Waals surface area contributed by atoms with E-state index in [0.29, 0.717) is 11.1 Å². The molecule has 0 saturated carbocycles. The third-order valence-corrected chi connectivity index (χ3v) is 5.14. The fourth-order valence-electron chi connectivity index (χ4n) is 3.33. The van der Waals surface area contributed by atoms with Crippen LogP contribution in [0.1, 0.15) is 54.7 Å². The van der Waals surface area contributed by atoms with Crippen molar-refractivity contribution < 1.29 is 24.9 Å². The van der Waals surface area contributed by atoms with Gasteiger partial charge in [0.05, 0.1) is 6.10 Å². The first-order chi connectivity index (χ1) is 13.1. The Labute approximate surface area is 164 Å². The molecule has 2 aromatic carbocycles. The van der Waals surface area contributed by atoms with E-state index >= 15 is 0 Å². The fraction of sp³-hybridized carbons (Fsp3) is 0.348. The van der Waals surface area contributed by atoms with Crippen LogP contribution in [0.25, 0.3) is 0 Å². The minimum absolute atomic E-state index is 0.0242. The number of phenolic OH excluding ortho intramolecular Hbond substituents is 2. The summed E-state index contributed by atoms with van der Waals surface area (Å²) < 4.78 is 5.94. The van der Waals surface area contributed by atoms with Crippen molar-refractivity contribution in [2.45, 2.75) is 52.2 Å². The van der Waals surface area contributed by atoms with Gasteiger partial charge in [0.1, 0.15) is 28.4 Å². The molecule has 0 fully saturated rings. The molecule has 148 valence electrons. The van der Waals surface area contributed by atoms with Gasteiger partial charge in [-0.1, -0.05) is 42.0 Å². The number of aliphatic hydroxyl groups is 1. The number of carbonyl (C=O) groups excluding carboxylic acids is 1. The molecular formula is C23H26O5. The van der Waals surface area contributed by atoms with E-state index in [0.717, 1.165) is 5.57 Å². The predicted octanol–water partition coefficient (Wildman–Crippen LogP) is 3.91. The van der Waals surface area contributed by atoms with E-state index in [-0.39, 0.29) is 47.0 Å². The highest BCUT2D eigenvalue weighted by Crippen LogP contribution is 2.48. The number of ether oxygens (including phenoxy) is 1. The highest BCUT2D eigenvalue weighted by Gasteiger charge is 2.41. The first-order valence-corrected chi connectivity index (χ1v) is 9.33. The maximum absolute atomic E-state index is 13.2. The molecule has 1 aliphatic heterocycles. The van der Waals surface area contributed by atoms with Gasteiger partial charge in [0, 0.05) is 23.1 Å². The number of ketones is 1. The fourth-order valence-corrected chi connectivity index (χ4v) is 3.33. The Hall–Kier alpha value is -2.79. The summed E-state index contributed by atoms with van der Waals surface area (Å²) in [5.41, 5.74) is 1.10. The summed E-state index contributed by atoms with van der Waals surface area (Å²) in [6, 6.07) is 8.63. The van der Waals surface area contributed by atoms with Gasteiger partial charge in [-0.25, -0.2) is 0 Å². The Kier molecular flexibility index (Phi) is 5.22. The first kappa shape index (κ1) is 20.0. The van der Waals surface area contributed by atoms with Crippen LogP contribution in [-0.4, -0.2) is 32.8 Å². The van der Waals surface area contributed by atoms with Crippen LogP contribution in [0.3, 0.4) is 0 Å². The predicted molar refractivity (Wildman–Crippen MR) is 107 cm³/mol. The van der Waals surface area contributed by atoms with Gasteiger partial charge in [-0.2, -0.15) is 0 Å². The Morgan fingerprint density at radius 3 is 2.43 bits per heavy atom. The van der Waals surface area contributed by atoms with Crippen LogP contribution in [0.15, 0.2) is 42.0 Å². The van der Waals surface area contributed by atoms with Crippen molar-refractivity contribution in [1.82, 2.24) is 0 Å². The van der Waals surface area contributed by atoms with Crippen LogP contribution < -0.4 is 4.74 Å². The minimum Gasteiger partial charge on any atom is -0.507 e. The van der Waals surface area contributed by atoms with Crippen molar-refractivity contribution >= 4 is 5.78 Å². The molecule has 1 heterocycles. The molecule has 5 heteroatoms. The standard InChI is InChI=1S/C23H26O5/c1-13(2)10-11-15-20(26)16-12-17(24)23(3,4)28-22(16)18(21(15)27)19(25)14-8-6-5-7-9-14/h5-10,17,24,26-27H,11-12H2,1-4H3. The largest absolute Gasteiger partial charge is 0.507 e. The van der Waals surface area contributed by atoms with Gasteiger partial charge in [-0.3, -0.25) is 4.79 Å². The van der Waals surface area contributed by atoms with E-state index in [2.05, 4.69) is 0 Å². The molecule has 2 aromatic rings. The Morgan fingerprint density at radius 1 is 1.18 bits per heavy atom. The quantitative estimate of drug-likeness (QED) is 0.551. The molecule has 1 atom stereocenters. The second-order valence-corrected chi connectivity index (χ2v) is 7.96. The van der Waals surface area contributed by atoms with Crippen LogP contribution in [0.2, 0.25) is 0 Å². The third-order valence-electron chi connectivity index (χ3n) is 5.14. The van der Waals surface area contributed by atoms with E-state index in [1.807, 2.05) is 19.9 Å². The number of carbonyl (C=O) groups is 1. The Morgan fingerprint density at radius 2 is 1.82 bits per heavy atom. The molecule has 3 N–H and O–H groups in total. The zero-order valence-corrected chi connectivity index (χ0v) is 16.6. The lowest BCUT2D eigenvalue weighted by Gasteiger charge is -2.38. The van der Waals surface area contributed by atoms with Gasteiger partial charge in [-0.15, -0.1) is 0 Å². The van der Waals surface area contributed by atoms with Crippen LogP contribution in [0.4, 0.5) is 0 Å². The Bertz CT molecular complexity index is 937. The highest BCUT2D eigenvalue weighted by atomic mass is 16.5. The molecule has 0 spiro atoms. The molecule has 28 heavy (non-hydrogen) atoms. The van der Waals surface area contributed by atoms with Gasteiger partial charge in [-0.05, 0) is 34.1 Å². The smallest absolute Gasteiger partial charge is 0.200 e. The average molecular weight is 382 g/mol. The van der Waals surface area contributed by atoms with Gasteiger partial charge in [0.2, 0.25) is 5.78 Å². The minimum atomic E-state index is -0.959. The van der Waals surface area contributed by atoms with Crippen LogP contribution in [-0.2, 0) is 12.8 Å². The van der Waals surface area contributed by atoms with E-state index < -0.39 is 11.7 Å². The van der Waals surface area contributed by atoms with E-state index in [1.54, 1.807) is 44.2 Å². The summed E-state index contributed by atoms with van der Waals surface area (Å²) in [5.74, 6) is -0.668. The molecule has 0 aliphatic carbocycles. The van der Waals surface area contributed by atoms with E-state index in [4.69, 9.17) is 4.74 Å². The number of aromatic hydroxyl groups is 2. The maximum atomic E-state index is 13.2. The molecule has 1 aliphatic rings. The molecule has 0 aromatic heterocycles. The number of rotatable bonds is 4. The van der Waals surface area contributed by atoms with Crippen molar-refractivity contribution in [2.24, 2.45) is 0 Å². The molecule has 5 nitrogen and oxygen atoms in total. The van der Waals surface area contributed by atoms with Gasteiger partial charge in [0.25, 0.3) is 0 Å². The molecule has 0 bridgehead atoms. The SMILES string of the molecule is CC(C)=CCc1c(O)c2c(c(C(=O)c3ccccc3)c1O)OC(C)(C)C(O)C2. The van der Waals surface area contributed by atoms with Crippen molar-refractivity contribution in [3.05, 3.63) is 64.2 Å². The summed E-state index contributed by atoms with van der Waals surface area (Å²) in [7, 11) is 0. The first-order valence-electron chi connectivity index (χ1n) is 9.33. The van der Waals surface area contributed by atoms with Gasteiger partial charge in [0.15, 0.2) is 0 Å². The second-order valence-electron chi connectivity index (χ2n) is 7.96. The lowest BCUT2D eigenvalue weighted by molar-refractivity contribution is -0.0422. The van der Waals surface area contributed by atoms with Gasteiger partial charge >= 0.3 is 0 Å². The van der Waals surface area contributed by atoms with Crippen molar-refractivity contribution in [2.75, 3.05) is 0 Å². The van der Waals surface area contributed by atoms with Crippen LogP contribution >= 0.6 is 0 Å². The summed E-state index contributed by atoms with van der Waals surface area (Å²) >= 11 is 0. The molecule has 3 rings (SSSR count). The topological polar surface area (TPSA) is 87.0 Å². The summed E-state index contributed by atoms with van der Waals surface area (Å²) in [6.07, 6.45) is 1.40. The number of hydrogen-bond donors (Lipinski definition) is 3. The zero-order valence-electron chi connectivity index (χ0n) is 16.6. The van der Waals surface area contributed by atoms with Crippen molar-refractivity contribution in [3.8, 4) is 17.2 Å². The Balaban J connectivity index is 2.27. The van der Waals surface area contributed by atoms with E-state index in [1.165, 1.54) is 0 Å². The van der Waals surface area contributed by atoms with Crippen molar-refractivity contribution in [3.63, 3.8) is 0 Å². The summed E-state index contributed by atoms with van der Waals surface area (Å²) in [5, 5.41) is 32.2. The molecule has 0 amide bonds. The number of benzene rings is 2.